The van der Waals surface area contributed by atoms with Crippen LogP contribution < -0.4 is 5.76 Å². The van der Waals surface area contributed by atoms with Gasteiger partial charge in [-0.25, -0.2) is 4.79 Å². The number of carbonyl (C=O) groups is 1. The van der Waals surface area contributed by atoms with Gasteiger partial charge in [-0.15, -0.1) is 0 Å². The van der Waals surface area contributed by atoms with Crippen LogP contribution in [0.4, 0.5) is 0 Å². The lowest BCUT2D eigenvalue weighted by Crippen LogP contribution is -2.50. The van der Waals surface area contributed by atoms with Crippen molar-refractivity contribution in [3.05, 3.63) is 34.8 Å². The molecule has 124 valence electrons. The van der Waals surface area contributed by atoms with E-state index in [1.54, 1.807) is 10.6 Å². The maximum absolute atomic E-state index is 12.4. The number of ether oxygens (including phenoxy) is 1. The summed E-state index contributed by atoms with van der Waals surface area (Å²) in [7, 11) is 0. The normalized spacial score (nSPS) is 21.7. The van der Waals surface area contributed by atoms with Gasteiger partial charge in [0, 0.05) is 19.5 Å². The maximum atomic E-state index is 12.4. The third-order valence-corrected chi connectivity index (χ3v) is 4.27. The van der Waals surface area contributed by atoms with E-state index < -0.39 is 0 Å². The molecule has 1 amide bonds. The first-order valence-electron chi connectivity index (χ1n) is 8.05. The standard InChI is InChI=1S/C17H22N2O4/c1-12-11-22-13(2)10-19(12)16(20)8-5-9-18-14-6-3-4-7-15(14)23-17(18)21/h3-4,6-7,12-13H,5,8-11H2,1-2H3/t12-,13-/m0/s1. The quantitative estimate of drug-likeness (QED) is 0.865. The number of nitrogens with zero attached hydrogens (tertiary/aromatic N) is 2. The first kappa shape index (κ1) is 15.8. The maximum Gasteiger partial charge on any atom is 0.419 e. The lowest BCUT2D eigenvalue weighted by atomic mass is 10.1. The molecule has 1 saturated heterocycles. The first-order chi connectivity index (χ1) is 11.1. The summed E-state index contributed by atoms with van der Waals surface area (Å²) in [5.41, 5.74) is 1.36. The van der Waals surface area contributed by atoms with Gasteiger partial charge >= 0.3 is 5.76 Å². The van der Waals surface area contributed by atoms with Crippen LogP contribution in [0.3, 0.4) is 0 Å². The van der Waals surface area contributed by atoms with Gasteiger partial charge in [-0.05, 0) is 32.4 Å². The summed E-state index contributed by atoms with van der Waals surface area (Å²) >= 11 is 0. The van der Waals surface area contributed by atoms with Gasteiger partial charge in [-0.1, -0.05) is 12.1 Å². The molecule has 3 rings (SSSR count). The molecule has 1 aliphatic rings. The Kier molecular flexibility index (Phi) is 4.52. The van der Waals surface area contributed by atoms with Crippen LogP contribution in [0.25, 0.3) is 11.1 Å². The van der Waals surface area contributed by atoms with E-state index in [4.69, 9.17) is 9.15 Å². The topological polar surface area (TPSA) is 64.7 Å². The Balaban J connectivity index is 1.61. The number of fused-ring (bicyclic) bond motifs is 1. The molecule has 1 fully saturated rings. The average Bonchev–Trinajstić information content (AvgIpc) is 2.85. The van der Waals surface area contributed by atoms with E-state index in [-0.39, 0.29) is 23.8 Å². The van der Waals surface area contributed by atoms with E-state index in [0.717, 1.165) is 5.52 Å². The predicted molar refractivity (Wildman–Crippen MR) is 86.3 cm³/mol. The highest BCUT2D eigenvalue weighted by molar-refractivity contribution is 5.76. The van der Waals surface area contributed by atoms with Crippen LogP contribution in [-0.4, -0.2) is 40.7 Å². The van der Waals surface area contributed by atoms with E-state index >= 15 is 0 Å². The number of rotatable bonds is 4. The van der Waals surface area contributed by atoms with E-state index in [1.807, 2.05) is 36.9 Å². The molecule has 2 aromatic rings. The minimum Gasteiger partial charge on any atom is -0.408 e. The van der Waals surface area contributed by atoms with Crippen LogP contribution in [0.5, 0.6) is 0 Å². The average molecular weight is 318 g/mol. The highest BCUT2D eigenvalue weighted by Crippen LogP contribution is 2.15. The summed E-state index contributed by atoms with van der Waals surface area (Å²) in [5, 5.41) is 0. The van der Waals surface area contributed by atoms with Crippen LogP contribution in [0.15, 0.2) is 33.5 Å². The molecule has 1 aromatic heterocycles. The van der Waals surface area contributed by atoms with Gasteiger partial charge in [0.25, 0.3) is 0 Å². The van der Waals surface area contributed by atoms with Crippen LogP contribution in [0.1, 0.15) is 26.7 Å². The number of amides is 1. The Bertz CT molecular complexity index is 748. The van der Waals surface area contributed by atoms with Gasteiger partial charge in [0.15, 0.2) is 5.58 Å². The molecule has 1 aromatic carbocycles. The number of morpholine rings is 1. The molecule has 23 heavy (non-hydrogen) atoms. The van der Waals surface area contributed by atoms with Crippen molar-refractivity contribution in [2.75, 3.05) is 13.2 Å². The highest BCUT2D eigenvalue weighted by atomic mass is 16.5. The van der Waals surface area contributed by atoms with Crippen molar-refractivity contribution in [1.82, 2.24) is 9.47 Å². The lowest BCUT2D eigenvalue weighted by Gasteiger charge is -2.36. The summed E-state index contributed by atoms with van der Waals surface area (Å²) < 4.78 is 12.3. The number of aromatic nitrogens is 1. The second-order valence-electron chi connectivity index (χ2n) is 6.13. The van der Waals surface area contributed by atoms with E-state index in [2.05, 4.69) is 0 Å². The van der Waals surface area contributed by atoms with E-state index in [1.165, 1.54) is 0 Å². The summed E-state index contributed by atoms with van der Waals surface area (Å²) in [6, 6.07) is 7.44. The number of hydrogen-bond donors (Lipinski definition) is 0. The summed E-state index contributed by atoms with van der Waals surface area (Å²) in [6.45, 7) is 5.67. The summed E-state index contributed by atoms with van der Waals surface area (Å²) in [5.74, 6) is -0.250. The van der Waals surface area contributed by atoms with Gasteiger partial charge in [0.1, 0.15) is 0 Å². The lowest BCUT2D eigenvalue weighted by molar-refractivity contribution is -0.143. The van der Waals surface area contributed by atoms with Crippen molar-refractivity contribution in [2.24, 2.45) is 0 Å². The molecule has 0 aliphatic carbocycles. The van der Waals surface area contributed by atoms with Crippen molar-refractivity contribution in [3.8, 4) is 0 Å². The van der Waals surface area contributed by atoms with Crippen LogP contribution in [0, 0.1) is 0 Å². The van der Waals surface area contributed by atoms with Crippen molar-refractivity contribution in [1.29, 1.82) is 0 Å². The molecule has 0 saturated carbocycles. The number of hydrogen-bond acceptors (Lipinski definition) is 4. The molecule has 6 heteroatoms. The largest absolute Gasteiger partial charge is 0.419 e. The molecule has 0 unspecified atom stereocenters. The number of oxazole rings is 1. The zero-order chi connectivity index (χ0) is 16.4. The fourth-order valence-electron chi connectivity index (χ4n) is 3.01. The highest BCUT2D eigenvalue weighted by Gasteiger charge is 2.27. The van der Waals surface area contributed by atoms with Gasteiger partial charge in [0.05, 0.1) is 24.3 Å². The first-order valence-corrected chi connectivity index (χ1v) is 8.05. The molecule has 2 heterocycles. The van der Waals surface area contributed by atoms with Gasteiger partial charge in [0.2, 0.25) is 5.91 Å². The Labute approximate surface area is 134 Å². The monoisotopic (exact) mass is 318 g/mol. The van der Waals surface area contributed by atoms with E-state index in [9.17, 15) is 9.59 Å². The van der Waals surface area contributed by atoms with Crippen molar-refractivity contribution >= 4 is 17.0 Å². The molecule has 2 atom stereocenters. The van der Waals surface area contributed by atoms with Gasteiger partial charge < -0.3 is 14.1 Å². The Morgan fingerprint density at radius 2 is 2.09 bits per heavy atom. The van der Waals surface area contributed by atoms with Crippen molar-refractivity contribution in [2.45, 2.75) is 45.4 Å². The molecule has 6 nitrogen and oxygen atoms in total. The number of aryl methyl sites for hydroxylation is 1. The van der Waals surface area contributed by atoms with Crippen LogP contribution >= 0.6 is 0 Å². The molecule has 0 radical (unpaired) electrons. The predicted octanol–water partition coefficient (Wildman–Crippen LogP) is 2.01. The Morgan fingerprint density at radius 1 is 1.30 bits per heavy atom. The Hall–Kier alpha value is -2.08. The second kappa shape index (κ2) is 6.58. The SMILES string of the molecule is C[C@H]1CN(C(=O)CCCn2c(=O)oc3ccccc32)[C@@H](C)CO1. The Morgan fingerprint density at radius 3 is 2.91 bits per heavy atom. The van der Waals surface area contributed by atoms with Crippen LogP contribution in [0.2, 0.25) is 0 Å². The van der Waals surface area contributed by atoms with E-state index in [0.29, 0.717) is 38.1 Å². The molecular formula is C17H22N2O4. The van der Waals surface area contributed by atoms with Crippen molar-refractivity contribution < 1.29 is 13.9 Å². The summed E-state index contributed by atoms with van der Waals surface area (Å²) in [6.07, 6.45) is 1.11. The molecule has 0 N–H and O–H groups in total. The third-order valence-electron chi connectivity index (χ3n) is 4.27. The molecule has 0 spiro atoms. The second-order valence-corrected chi connectivity index (χ2v) is 6.13. The van der Waals surface area contributed by atoms with Crippen LogP contribution in [-0.2, 0) is 16.1 Å². The minimum absolute atomic E-state index is 0.0792. The van der Waals surface area contributed by atoms with Crippen molar-refractivity contribution in [3.63, 3.8) is 0 Å². The fraction of sp³-hybridized carbons (Fsp3) is 0.529. The smallest absolute Gasteiger partial charge is 0.408 e. The number of carbonyl (C=O) groups excluding carboxylic acids is 1. The number of para-hydroxylation sites is 2. The minimum atomic E-state index is -0.369. The van der Waals surface area contributed by atoms with Gasteiger partial charge in [-0.2, -0.15) is 0 Å². The molecule has 0 bridgehead atoms. The molecular weight excluding hydrogens is 296 g/mol. The van der Waals surface area contributed by atoms with Gasteiger partial charge in [-0.3, -0.25) is 9.36 Å². The number of benzene rings is 1. The third kappa shape index (κ3) is 3.32. The zero-order valence-corrected chi connectivity index (χ0v) is 13.5. The molecule has 1 aliphatic heterocycles. The fourth-order valence-corrected chi connectivity index (χ4v) is 3.01. The summed E-state index contributed by atoms with van der Waals surface area (Å²) in [4.78, 5) is 26.2. The zero-order valence-electron chi connectivity index (χ0n) is 13.5.